The topological polar surface area (TPSA) is 33.1 Å². The summed E-state index contributed by atoms with van der Waals surface area (Å²) >= 11 is 0. The van der Waals surface area contributed by atoms with E-state index in [1.807, 2.05) is 0 Å². The fourth-order valence-corrected chi connectivity index (χ4v) is 1.31. The Morgan fingerprint density at radius 1 is 1.33 bits per heavy atom. The van der Waals surface area contributed by atoms with Crippen LogP contribution in [0.5, 0.6) is 0 Å². The highest BCUT2D eigenvalue weighted by molar-refractivity contribution is 5.27. The van der Waals surface area contributed by atoms with Gasteiger partial charge in [0.15, 0.2) is 0 Å². The number of rotatable bonds is 2. The molecule has 0 atom stereocenters. The molecular weight excluding hydrogens is 207 g/mol. The van der Waals surface area contributed by atoms with Crippen molar-refractivity contribution in [3.63, 3.8) is 0 Å². The molecule has 1 heterocycles. The maximum atomic E-state index is 12.5. The molecule has 0 amide bonds. The van der Waals surface area contributed by atoms with Gasteiger partial charge in [0.25, 0.3) is 0 Å². The van der Waals surface area contributed by atoms with Crippen molar-refractivity contribution in [2.24, 2.45) is 0 Å². The van der Waals surface area contributed by atoms with Gasteiger partial charge < -0.3 is 5.11 Å². The molecule has 5 heteroatoms. The van der Waals surface area contributed by atoms with E-state index in [-0.39, 0.29) is 12.0 Å². The molecule has 0 spiro atoms. The Labute approximate surface area is 85.8 Å². The molecule has 0 aliphatic heterocycles. The molecule has 0 bridgehead atoms. The van der Waals surface area contributed by atoms with Crippen LogP contribution < -0.4 is 0 Å². The minimum Gasteiger partial charge on any atom is -0.390 e. The highest BCUT2D eigenvalue weighted by Crippen LogP contribution is 2.32. The number of hydrogen-bond donors (Lipinski definition) is 1. The summed E-state index contributed by atoms with van der Waals surface area (Å²) < 4.78 is 37.5. The van der Waals surface area contributed by atoms with Gasteiger partial charge in [-0.3, -0.25) is 4.98 Å². The van der Waals surface area contributed by atoms with Crippen molar-refractivity contribution < 1.29 is 18.3 Å². The van der Waals surface area contributed by atoms with Crippen molar-refractivity contribution in [2.75, 3.05) is 0 Å². The summed E-state index contributed by atoms with van der Waals surface area (Å²) in [4.78, 5) is 3.63. The second-order valence-electron chi connectivity index (χ2n) is 4.02. The van der Waals surface area contributed by atoms with E-state index >= 15 is 0 Å². The zero-order valence-electron chi connectivity index (χ0n) is 8.47. The van der Waals surface area contributed by atoms with Gasteiger partial charge in [0.05, 0.1) is 11.2 Å². The summed E-state index contributed by atoms with van der Waals surface area (Å²) in [5.41, 5.74) is -1.90. The van der Waals surface area contributed by atoms with Crippen LogP contribution in [0.25, 0.3) is 0 Å². The number of halogens is 3. The molecule has 15 heavy (non-hydrogen) atoms. The summed E-state index contributed by atoms with van der Waals surface area (Å²) in [6.07, 6.45) is -2.24. The van der Waals surface area contributed by atoms with E-state index in [4.69, 9.17) is 0 Å². The second-order valence-corrected chi connectivity index (χ2v) is 4.02. The summed E-state index contributed by atoms with van der Waals surface area (Å²) in [5, 5.41) is 9.47. The monoisotopic (exact) mass is 219 g/mol. The van der Waals surface area contributed by atoms with Crippen molar-refractivity contribution >= 4 is 0 Å². The zero-order chi connectivity index (χ0) is 11.7. The molecule has 0 saturated heterocycles. The molecular formula is C10H12F3NO. The number of aromatic nitrogens is 1. The molecule has 0 radical (unpaired) electrons. The lowest BCUT2D eigenvalue weighted by molar-refractivity contribution is -0.138. The predicted molar refractivity (Wildman–Crippen MR) is 49.2 cm³/mol. The maximum absolute atomic E-state index is 12.5. The molecule has 1 rings (SSSR count). The van der Waals surface area contributed by atoms with E-state index in [0.717, 1.165) is 18.5 Å². The van der Waals surface area contributed by atoms with Crippen molar-refractivity contribution in [2.45, 2.75) is 32.0 Å². The summed E-state index contributed by atoms with van der Waals surface area (Å²) in [6, 6.07) is 0.918. The number of alkyl halides is 3. The lowest BCUT2D eigenvalue weighted by atomic mass is 9.96. The van der Waals surface area contributed by atoms with E-state index in [2.05, 4.69) is 4.98 Å². The van der Waals surface area contributed by atoms with Crippen LogP contribution in [0.2, 0.25) is 0 Å². The standard InChI is InChI=1S/C10H12F3NO/c1-9(2,15)5-7-6-14-4-3-8(7)10(11,12)13/h3-4,6,15H,5H2,1-2H3. The van der Waals surface area contributed by atoms with Crippen LogP contribution in [-0.4, -0.2) is 15.7 Å². The van der Waals surface area contributed by atoms with E-state index < -0.39 is 17.3 Å². The number of nitrogens with zero attached hydrogens (tertiary/aromatic N) is 1. The van der Waals surface area contributed by atoms with Crippen LogP contribution in [0.15, 0.2) is 18.5 Å². The summed E-state index contributed by atoms with van der Waals surface area (Å²) in [5.74, 6) is 0. The smallest absolute Gasteiger partial charge is 0.390 e. The quantitative estimate of drug-likeness (QED) is 0.828. The zero-order valence-corrected chi connectivity index (χ0v) is 8.47. The lowest BCUT2D eigenvalue weighted by Crippen LogP contribution is -2.24. The predicted octanol–water partition coefficient (Wildman–Crippen LogP) is 2.41. The Bertz CT molecular complexity index is 341. The number of pyridine rings is 1. The van der Waals surface area contributed by atoms with E-state index in [1.165, 1.54) is 13.8 Å². The average Bonchev–Trinajstić information content (AvgIpc) is 1.99. The SMILES string of the molecule is CC(C)(O)Cc1cnccc1C(F)(F)F. The molecule has 1 aromatic rings. The fraction of sp³-hybridized carbons (Fsp3) is 0.500. The van der Waals surface area contributed by atoms with E-state index in [9.17, 15) is 18.3 Å². The third-order valence-electron chi connectivity index (χ3n) is 1.83. The Morgan fingerprint density at radius 2 is 1.93 bits per heavy atom. The van der Waals surface area contributed by atoms with Crippen molar-refractivity contribution in [1.29, 1.82) is 0 Å². The largest absolute Gasteiger partial charge is 0.416 e. The Kier molecular flexibility index (Phi) is 3.04. The molecule has 1 N–H and O–H groups in total. The van der Waals surface area contributed by atoms with Gasteiger partial charge in [-0.25, -0.2) is 0 Å². The third kappa shape index (κ3) is 3.51. The first-order valence-electron chi connectivity index (χ1n) is 4.42. The average molecular weight is 219 g/mol. The molecule has 0 aliphatic rings. The Balaban J connectivity index is 3.08. The van der Waals surface area contributed by atoms with Crippen molar-refractivity contribution in [1.82, 2.24) is 4.98 Å². The van der Waals surface area contributed by atoms with E-state index in [1.54, 1.807) is 0 Å². The van der Waals surface area contributed by atoms with Gasteiger partial charge in [0.2, 0.25) is 0 Å². The summed E-state index contributed by atoms with van der Waals surface area (Å²) in [7, 11) is 0. The van der Waals surface area contributed by atoms with Crippen LogP contribution in [0, 0.1) is 0 Å². The van der Waals surface area contributed by atoms with Gasteiger partial charge in [0.1, 0.15) is 0 Å². The maximum Gasteiger partial charge on any atom is 0.416 e. The molecule has 84 valence electrons. The van der Waals surface area contributed by atoms with Gasteiger partial charge in [0, 0.05) is 18.8 Å². The third-order valence-corrected chi connectivity index (χ3v) is 1.83. The van der Waals surface area contributed by atoms with Crippen LogP contribution >= 0.6 is 0 Å². The minimum absolute atomic E-state index is 0.0116. The first kappa shape index (κ1) is 12.0. The molecule has 1 aromatic heterocycles. The fourth-order valence-electron chi connectivity index (χ4n) is 1.31. The van der Waals surface area contributed by atoms with Gasteiger partial charge in [-0.1, -0.05) is 0 Å². The Hall–Kier alpha value is -1.10. The van der Waals surface area contributed by atoms with Crippen LogP contribution in [0.4, 0.5) is 13.2 Å². The normalized spacial score (nSPS) is 12.9. The van der Waals surface area contributed by atoms with Gasteiger partial charge in [-0.15, -0.1) is 0 Å². The first-order valence-corrected chi connectivity index (χ1v) is 4.42. The lowest BCUT2D eigenvalue weighted by Gasteiger charge is -2.19. The molecule has 0 fully saturated rings. The van der Waals surface area contributed by atoms with E-state index in [0.29, 0.717) is 0 Å². The van der Waals surface area contributed by atoms with Crippen molar-refractivity contribution in [3.8, 4) is 0 Å². The van der Waals surface area contributed by atoms with Gasteiger partial charge >= 0.3 is 6.18 Å². The van der Waals surface area contributed by atoms with Crippen LogP contribution in [0.3, 0.4) is 0 Å². The first-order chi connectivity index (χ1) is 6.70. The molecule has 0 aliphatic carbocycles. The second kappa shape index (κ2) is 3.81. The van der Waals surface area contributed by atoms with Gasteiger partial charge in [-0.2, -0.15) is 13.2 Å². The minimum atomic E-state index is -4.40. The van der Waals surface area contributed by atoms with Crippen LogP contribution in [-0.2, 0) is 12.6 Å². The van der Waals surface area contributed by atoms with Crippen LogP contribution in [0.1, 0.15) is 25.0 Å². The van der Waals surface area contributed by atoms with Gasteiger partial charge in [-0.05, 0) is 25.5 Å². The highest BCUT2D eigenvalue weighted by Gasteiger charge is 2.34. The molecule has 0 aromatic carbocycles. The van der Waals surface area contributed by atoms with Crippen molar-refractivity contribution in [3.05, 3.63) is 29.6 Å². The molecule has 2 nitrogen and oxygen atoms in total. The number of aliphatic hydroxyl groups is 1. The number of hydrogen-bond acceptors (Lipinski definition) is 2. The Morgan fingerprint density at radius 3 is 2.40 bits per heavy atom. The highest BCUT2D eigenvalue weighted by atomic mass is 19.4. The molecule has 0 unspecified atom stereocenters. The molecule has 0 saturated carbocycles. The summed E-state index contributed by atoms with van der Waals surface area (Å²) in [6.45, 7) is 2.92.